The van der Waals surface area contributed by atoms with E-state index in [1.807, 2.05) is 25.1 Å². The summed E-state index contributed by atoms with van der Waals surface area (Å²) in [6.45, 7) is 3.05. The fourth-order valence-corrected chi connectivity index (χ4v) is 3.83. The predicted octanol–water partition coefficient (Wildman–Crippen LogP) is 3.83. The molecule has 0 aromatic heterocycles. The average Bonchev–Trinajstić information content (AvgIpc) is 2.63. The number of nitrogens with zero attached hydrogens (tertiary/aromatic N) is 1. The summed E-state index contributed by atoms with van der Waals surface area (Å²) in [5.41, 5.74) is 2.73. The molecule has 1 spiro atoms. The van der Waals surface area contributed by atoms with Gasteiger partial charge in [0.1, 0.15) is 5.66 Å². The van der Waals surface area contributed by atoms with Gasteiger partial charge in [-0.05, 0) is 37.3 Å². The van der Waals surface area contributed by atoms with Gasteiger partial charge in [0.15, 0.2) is 0 Å². The van der Waals surface area contributed by atoms with Gasteiger partial charge in [0, 0.05) is 42.3 Å². The summed E-state index contributed by atoms with van der Waals surface area (Å²) in [5.74, 6) is -0.0655. The Labute approximate surface area is 162 Å². The van der Waals surface area contributed by atoms with E-state index >= 15 is 0 Å². The smallest absolute Gasteiger partial charge is 0.321 e. The molecule has 3 amide bonds. The zero-order valence-electron chi connectivity index (χ0n) is 15.0. The van der Waals surface area contributed by atoms with Crippen LogP contribution in [-0.4, -0.2) is 35.6 Å². The topological polar surface area (TPSA) is 73.5 Å². The molecule has 0 saturated carbocycles. The first-order valence-electron chi connectivity index (χ1n) is 8.97. The molecule has 2 aromatic carbocycles. The number of nitrogens with one attached hydrogen (secondary N) is 3. The lowest BCUT2D eigenvalue weighted by Crippen LogP contribution is -2.63. The van der Waals surface area contributed by atoms with Gasteiger partial charge in [0.05, 0.1) is 5.56 Å². The number of benzene rings is 2. The van der Waals surface area contributed by atoms with Gasteiger partial charge in [-0.15, -0.1) is 0 Å². The summed E-state index contributed by atoms with van der Waals surface area (Å²) in [6.07, 6.45) is 1.27. The number of halogens is 1. The molecular formula is C20H21ClN4O2. The Morgan fingerprint density at radius 3 is 2.67 bits per heavy atom. The van der Waals surface area contributed by atoms with E-state index in [-0.39, 0.29) is 11.9 Å². The van der Waals surface area contributed by atoms with E-state index in [0.717, 1.165) is 11.3 Å². The van der Waals surface area contributed by atoms with Crippen LogP contribution in [0.5, 0.6) is 0 Å². The molecule has 1 fully saturated rings. The Morgan fingerprint density at radius 2 is 1.93 bits per heavy atom. The van der Waals surface area contributed by atoms with E-state index in [1.54, 1.807) is 29.2 Å². The third-order valence-electron chi connectivity index (χ3n) is 5.13. The minimum Gasteiger partial charge on any atom is -0.362 e. The Kier molecular flexibility index (Phi) is 4.44. The van der Waals surface area contributed by atoms with Crippen molar-refractivity contribution in [3.8, 4) is 0 Å². The number of rotatable bonds is 1. The maximum Gasteiger partial charge on any atom is 0.321 e. The largest absolute Gasteiger partial charge is 0.362 e. The highest BCUT2D eigenvalue weighted by Gasteiger charge is 2.41. The van der Waals surface area contributed by atoms with Gasteiger partial charge in [0.2, 0.25) is 0 Å². The first-order valence-corrected chi connectivity index (χ1v) is 9.35. The van der Waals surface area contributed by atoms with Crippen LogP contribution in [0.4, 0.5) is 16.2 Å². The highest BCUT2D eigenvalue weighted by atomic mass is 35.5. The summed E-state index contributed by atoms with van der Waals surface area (Å²) in [7, 11) is 0. The van der Waals surface area contributed by atoms with Crippen molar-refractivity contribution in [1.82, 2.24) is 10.2 Å². The third-order valence-corrected chi connectivity index (χ3v) is 5.36. The van der Waals surface area contributed by atoms with E-state index < -0.39 is 5.66 Å². The van der Waals surface area contributed by atoms with Crippen molar-refractivity contribution >= 4 is 34.9 Å². The lowest BCUT2D eigenvalue weighted by Gasteiger charge is -2.45. The van der Waals surface area contributed by atoms with Gasteiger partial charge in [-0.2, -0.15) is 0 Å². The number of carbonyl (C=O) groups excluding carboxylic acids is 2. The number of piperidine rings is 1. The molecule has 2 aliphatic heterocycles. The fourth-order valence-electron chi connectivity index (χ4n) is 3.64. The SMILES string of the molecule is Cc1ccc2c(c1)C(=O)NC1(CCN(C(=O)Nc3cccc(Cl)c3)CC1)N2. The van der Waals surface area contributed by atoms with Crippen LogP contribution >= 0.6 is 11.6 Å². The summed E-state index contributed by atoms with van der Waals surface area (Å²) < 4.78 is 0. The van der Waals surface area contributed by atoms with E-state index in [9.17, 15) is 9.59 Å². The normalized spacial score (nSPS) is 17.7. The molecule has 27 heavy (non-hydrogen) atoms. The first kappa shape index (κ1) is 17.7. The minimum absolute atomic E-state index is 0.0655. The molecule has 7 heteroatoms. The fraction of sp³-hybridized carbons (Fsp3) is 0.300. The summed E-state index contributed by atoms with van der Waals surface area (Å²) in [5, 5.41) is 10.0. The van der Waals surface area contributed by atoms with Crippen molar-refractivity contribution in [1.29, 1.82) is 0 Å². The molecule has 2 aliphatic rings. The lowest BCUT2D eigenvalue weighted by molar-refractivity contribution is 0.0852. The molecule has 0 aliphatic carbocycles. The quantitative estimate of drug-likeness (QED) is 0.699. The maximum absolute atomic E-state index is 12.5. The second kappa shape index (κ2) is 6.78. The Balaban J connectivity index is 1.42. The maximum atomic E-state index is 12.5. The highest BCUT2D eigenvalue weighted by Crippen LogP contribution is 2.32. The molecule has 0 unspecified atom stereocenters. The molecule has 3 N–H and O–H groups in total. The first-order chi connectivity index (χ1) is 12.9. The Morgan fingerprint density at radius 1 is 1.15 bits per heavy atom. The van der Waals surface area contributed by atoms with Crippen molar-refractivity contribution in [2.45, 2.75) is 25.4 Å². The van der Waals surface area contributed by atoms with Crippen LogP contribution in [0, 0.1) is 6.92 Å². The highest BCUT2D eigenvalue weighted by molar-refractivity contribution is 6.30. The molecule has 6 nitrogen and oxygen atoms in total. The third kappa shape index (κ3) is 3.57. The number of fused-ring (bicyclic) bond motifs is 1. The van der Waals surface area contributed by atoms with Crippen LogP contribution in [-0.2, 0) is 0 Å². The number of amides is 3. The van der Waals surface area contributed by atoms with Crippen LogP contribution in [0.15, 0.2) is 42.5 Å². The van der Waals surface area contributed by atoms with Gasteiger partial charge >= 0.3 is 6.03 Å². The Bertz CT molecular complexity index is 907. The summed E-state index contributed by atoms with van der Waals surface area (Å²) in [6, 6.07) is 12.7. The standard InChI is InChI=1S/C20H21ClN4O2/c1-13-5-6-17-16(11-13)18(26)24-20(23-17)7-9-25(10-8-20)19(27)22-15-4-2-3-14(21)12-15/h2-6,11-12,23H,7-10H2,1H3,(H,22,27)(H,24,26). The summed E-state index contributed by atoms with van der Waals surface area (Å²) >= 11 is 5.96. The van der Waals surface area contributed by atoms with Gasteiger partial charge in [-0.25, -0.2) is 4.79 Å². The van der Waals surface area contributed by atoms with Crippen molar-refractivity contribution in [3.63, 3.8) is 0 Å². The minimum atomic E-state index is -0.508. The van der Waals surface area contributed by atoms with Gasteiger partial charge < -0.3 is 20.9 Å². The van der Waals surface area contributed by atoms with E-state index in [1.165, 1.54) is 0 Å². The van der Waals surface area contributed by atoms with Crippen molar-refractivity contribution < 1.29 is 9.59 Å². The van der Waals surface area contributed by atoms with Crippen molar-refractivity contribution in [2.75, 3.05) is 23.7 Å². The van der Waals surface area contributed by atoms with E-state index in [4.69, 9.17) is 11.6 Å². The molecule has 4 rings (SSSR count). The van der Waals surface area contributed by atoms with Gasteiger partial charge in [0.25, 0.3) is 5.91 Å². The zero-order chi connectivity index (χ0) is 19.0. The van der Waals surface area contributed by atoms with Crippen LogP contribution in [0.3, 0.4) is 0 Å². The Hall–Kier alpha value is -2.73. The van der Waals surface area contributed by atoms with Crippen LogP contribution in [0.2, 0.25) is 5.02 Å². The molecular weight excluding hydrogens is 364 g/mol. The lowest BCUT2D eigenvalue weighted by atomic mass is 9.92. The van der Waals surface area contributed by atoms with Crippen molar-refractivity contribution in [2.24, 2.45) is 0 Å². The predicted molar refractivity (Wildman–Crippen MR) is 106 cm³/mol. The molecule has 140 valence electrons. The number of hydrogen-bond donors (Lipinski definition) is 3. The number of hydrogen-bond acceptors (Lipinski definition) is 3. The molecule has 0 atom stereocenters. The molecule has 0 radical (unpaired) electrons. The molecule has 2 aromatic rings. The number of carbonyl (C=O) groups is 2. The average molecular weight is 385 g/mol. The van der Waals surface area contributed by atoms with Crippen LogP contribution < -0.4 is 16.0 Å². The van der Waals surface area contributed by atoms with Crippen molar-refractivity contribution in [3.05, 3.63) is 58.6 Å². The second-order valence-electron chi connectivity index (χ2n) is 7.14. The monoisotopic (exact) mass is 384 g/mol. The van der Waals surface area contributed by atoms with E-state index in [2.05, 4.69) is 16.0 Å². The van der Waals surface area contributed by atoms with Gasteiger partial charge in [-0.3, -0.25) is 4.79 Å². The zero-order valence-corrected chi connectivity index (χ0v) is 15.8. The van der Waals surface area contributed by atoms with Crippen LogP contribution in [0.1, 0.15) is 28.8 Å². The number of anilines is 2. The molecule has 1 saturated heterocycles. The summed E-state index contributed by atoms with van der Waals surface area (Å²) in [4.78, 5) is 26.8. The number of urea groups is 1. The molecule has 2 heterocycles. The number of likely N-dealkylation sites (tertiary alicyclic amines) is 1. The van der Waals surface area contributed by atoms with Gasteiger partial charge in [-0.1, -0.05) is 29.3 Å². The van der Waals surface area contributed by atoms with Crippen LogP contribution in [0.25, 0.3) is 0 Å². The van der Waals surface area contributed by atoms with E-state index in [0.29, 0.717) is 42.2 Å². The second-order valence-corrected chi connectivity index (χ2v) is 7.57. The number of aryl methyl sites for hydroxylation is 1. The molecule has 0 bridgehead atoms.